The molecule has 2 N–H and O–H groups in total. The molecular weight excluding hydrogens is 313 g/mol. The molecule has 2 aromatic carbocycles. The first-order chi connectivity index (χ1) is 9.08. The molecule has 0 aromatic heterocycles. The minimum Gasteiger partial charge on any atom is -0.473 e. The van der Waals surface area contributed by atoms with Gasteiger partial charge in [0.15, 0.2) is 11.6 Å². The van der Waals surface area contributed by atoms with Gasteiger partial charge in [0.25, 0.3) is 5.91 Å². The molecule has 0 aliphatic rings. The number of amides is 1. The van der Waals surface area contributed by atoms with Gasteiger partial charge in [-0.05, 0) is 18.2 Å². The van der Waals surface area contributed by atoms with E-state index in [2.05, 4.69) is 15.9 Å². The van der Waals surface area contributed by atoms with Crippen molar-refractivity contribution in [3.8, 4) is 5.75 Å². The van der Waals surface area contributed by atoms with Crippen LogP contribution in [0.15, 0.2) is 53.0 Å². The second-order valence-electron chi connectivity index (χ2n) is 3.89. The largest absolute Gasteiger partial charge is 0.473 e. The molecule has 0 heterocycles. The zero-order valence-electron chi connectivity index (χ0n) is 9.85. The van der Waals surface area contributed by atoms with Crippen LogP contribution in [-0.2, 0) is 4.79 Å². The Morgan fingerprint density at radius 2 is 1.89 bits per heavy atom. The number of benzene rings is 2. The van der Waals surface area contributed by atoms with Crippen LogP contribution in [0.1, 0.15) is 11.7 Å². The molecule has 0 radical (unpaired) electrons. The topological polar surface area (TPSA) is 52.3 Å². The van der Waals surface area contributed by atoms with E-state index in [9.17, 15) is 9.18 Å². The Kier molecular flexibility index (Phi) is 4.16. The van der Waals surface area contributed by atoms with Gasteiger partial charge in [-0.1, -0.05) is 46.3 Å². The molecular formula is C14H11BrFNO2. The molecule has 1 unspecified atom stereocenters. The predicted octanol–water partition coefficient (Wildman–Crippen LogP) is 3.19. The Morgan fingerprint density at radius 1 is 1.21 bits per heavy atom. The Hall–Kier alpha value is -1.88. The van der Waals surface area contributed by atoms with Gasteiger partial charge in [0.05, 0.1) is 0 Å². The summed E-state index contributed by atoms with van der Waals surface area (Å²) in [5, 5.41) is 0. The maximum atomic E-state index is 13.7. The number of ether oxygens (including phenoxy) is 1. The van der Waals surface area contributed by atoms with E-state index in [4.69, 9.17) is 10.5 Å². The fourth-order valence-electron chi connectivity index (χ4n) is 1.62. The molecule has 0 saturated carbocycles. The van der Waals surface area contributed by atoms with Crippen LogP contribution in [0.25, 0.3) is 0 Å². The van der Waals surface area contributed by atoms with Gasteiger partial charge in [-0.2, -0.15) is 0 Å². The Bertz CT molecular complexity index is 589. The predicted molar refractivity (Wildman–Crippen MR) is 73.1 cm³/mol. The van der Waals surface area contributed by atoms with Crippen molar-refractivity contribution in [2.75, 3.05) is 0 Å². The molecule has 0 fully saturated rings. The van der Waals surface area contributed by atoms with Gasteiger partial charge >= 0.3 is 0 Å². The third kappa shape index (κ3) is 3.32. The summed E-state index contributed by atoms with van der Waals surface area (Å²) in [4.78, 5) is 11.4. The number of rotatable bonds is 4. The van der Waals surface area contributed by atoms with Crippen molar-refractivity contribution >= 4 is 21.8 Å². The highest BCUT2D eigenvalue weighted by molar-refractivity contribution is 9.10. The summed E-state index contributed by atoms with van der Waals surface area (Å²) in [5.41, 5.74) is 5.88. The molecule has 1 atom stereocenters. The van der Waals surface area contributed by atoms with Crippen LogP contribution in [0.2, 0.25) is 0 Å². The van der Waals surface area contributed by atoms with Crippen LogP contribution in [0, 0.1) is 5.82 Å². The molecule has 2 aromatic rings. The fraction of sp³-hybridized carbons (Fsp3) is 0.0714. The molecule has 0 aliphatic carbocycles. The van der Waals surface area contributed by atoms with E-state index in [1.807, 2.05) is 6.07 Å². The van der Waals surface area contributed by atoms with E-state index >= 15 is 0 Å². The number of hydrogen-bond donors (Lipinski definition) is 1. The lowest BCUT2D eigenvalue weighted by atomic mass is 10.1. The summed E-state index contributed by atoms with van der Waals surface area (Å²) < 4.78 is 19.7. The van der Waals surface area contributed by atoms with E-state index in [1.54, 1.807) is 30.3 Å². The average molecular weight is 324 g/mol. The minimum atomic E-state index is -1.02. The molecule has 5 heteroatoms. The summed E-state index contributed by atoms with van der Waals surface area (Å²) in [6.45, 7) is 0. The molecule has 98 valence electrons. The zero-order valence-corrected chi connectivity index (χ0v) is 11.4. The van der Waals surface area contributed by atoms with Crippen LogP contribution >= 0.6 is 15.9 Å². The maximum absolute atomic E-state index is 13.7. The second-order valence-corrected chi connectivity index (χ2v) is 4.80. The first-order valence-corrected chi connectivity index (χ1v) is 6.33. The van der Waals surface area contributed by atoms with Gasteiger partial charge < -0.3 is 10.5 Å². The van der Waals surface area contributed by atoms with Gasteiger partial charge in [0.1, 0.15) is 0 Å². The van der Waals surface area contributed by atoms with Crippen molar-refractivity contribution in [3.63, 3.8) is 0 Å². The SMILES string of the molecule is NC(=O)C(Oc1ccc(Br)cc1F)c1ccccc1. The summed E-state index contributed by atoms with van der Waals surface area (Å²) in [6.07, 6.45) is -1.02. The lowest BCUT2D eigenvalue weighted by Gasteiger charge is -2.16. The van der Waals surface area contributed by atoms with E-state index in [0.29, 0.717) is 10.0 Å². The fourth-order valence-corrected chi connectivity index (χ4v) is 1.95. The summed E-state index contributed by atoms with van der Waals surface area (Å²) in [7, 11) is 0. The van der Waals surface area contributed by atoms with E-state index in [-0.39, 0.29) is 5.75 Å². The zero-order chi connectivity index (χ0) is 13.8. The Morgan fingerprint density at radius 3 is 2.47 bits per heavy atom. The van der Waals surface area contributed by atoms with Crippen molar-refractivity contribution < 1.29 is 13.9 Å². The lowest BCUT2D eigenvalue weighted by molar-refractivity contribution is -0.125. The van der Waals surface area contributed by atoms with Gasteiger partial charge in [-0.3, -0.25) is 4.79 Å². The quantitative estimate of drug-likeness (QED) is 0.939. The number of carbonyl (C=O) groups is 1. The highest BCUT2D eigenvalue weighted by Crippen LogP contribution is 2.26. The van der Waals surface area contributed by atoms with Crippen molar-refractivity contribution in [1.82, 2.24) is 0 Å². The summed E-state index contributed by atoms with van der Waals surface area (Å²) in [5.74, 6) is -1.25. The minimum absolute atomic E-state index is 0.0177. The van der Waals surface area contributed by atoms with E-state index in [1.165, 1.54) is 12.1 Å². The van der Waals surface area contributed by atoms with Crippen molar-refractivity contribution in [2.24, 2.45) is 5.73 Å². The van der Waals surface area contributed by atoms with Crippen LogP contribution in [-0.4, -0.2) is 5.91 Å². The molecule has 0 saturated heterocycles. The molecule has 0 aliphatic heterocycles. The standard InChI is InChI=1S/C14H11BrFNO2/c15-10-6-7-12(11(16)8-10)19-13(14(17)18)9-4-2-1-3-5-9/h1-8,13H,(H2,17,18). The first-order valence-electron chi connectivity index (χ1n) is 5.54. The first kappa shape index (κ1) is 13.5. The number of hydrogen-bond acceptors (Lipinski definition) is 2. The summed E-state index contributed by atoms with van der Waals surface area (Å²) >= 11 is 3.15. The normalized spacial score (nSPS) is 11.9. The van der Waals surface area contributed by atoms with Crippen molar-refractivity contribution in [2.45, 2.75) is 6.10 Å². The Labute approximate surface area is 118 Å². The van der Waals surface area contributed by atoms with Gasteiger partial charge in [0, 0.05) is 10.0 Å². The van der Waals surface area contributed by atoms with E-state index < -0.39 is 17.8 Å². The van der Waals surface area contributed by atoms with Gasteiger partial charge in [-0.15, -0.1) is 0 Å². The lowest BCUT2D eigenvalue weighted by Crippen LogP contribution is -2.26. The van der Waals surface area contributed by atoms with Crippen LogP contribution in [0.4, 0.5) is 4.39 Å². The Balaban J connectivity index is 2.29. The molecule has 1 amide bonds. The maximum Gasteiger partial charge on any atom is 0.263 e. The molecule has 19 heavy (non-hydrogen) atoms. The van der Waals surface area contributed by atoms with Gasteiger partial charge in [0.2, 0.25) is 6.10 Å². The highest BCUT2D eigenvalue weighted by Gasteiger charge is 2.21. The number of halogens is 2. The van der Waals surface area contributed by atoms with Crippen LogP contribution < -0.4 is 10.5 Å². The van der Waals surface area contributed by atoms with Gasteiger partial charge in [-0.25, -0.2) is 4.39 Å². The van der Waals surface area contributed by atoms with Crippen LogP contribution in [0.5, 0.6) is 5.75 Å². The molecule has 3 nitrogen and oxygen atoms in total. The smallest absolute Gasteiger partial charge is 0.263 e. The molecule has 2 rings (SSSR count). The monoisotopic (exact) mass is 323 g/mol. The van der Waals surface area contributed by atoms with Crippen molar-refractivity contribution in [3.05, 3.63) is 64.4 Å². The van der Waals surface area contributed by atoms with Crippen molar-refractivity contribution in [1.29, 1.82) is 0 Å². The van der Waals surface area contributed by atoms with E-state index in [0.717, 1.165) is 0 Å². The molecule has 0 spiro atoms. The molecule has 0 bridgehead atoms. The summed E-state index contributed by atoms with van der Waals surface area (Å²) in [6, 6.07) is 13.1. The average Bonchev–Trinajstić information content (AvgIpc) is 2.38. The highest BCUT2D eigenvalue weighted by atomic mass is 79.9. The third-order valence-electron chi connectivity index (χ3n) is 2.50. The number of primary amides is 1. The second kappa shape index (κ2) is 5.84. The van der Waals surface area contributed by atoms with Crippen LogP contribution in [0.3, 0.4) is 0 Å². The third-order valence-corrected chi connectivity index (χ3v) is 2.99. The number of carbonyl (C=O) groups excluding carboxylic acids is 1. The number of nitrogens with two attached hydrogens (primary N) is 1.